The molecular weight excluding hydrogens is 188 g/mol. The summed E-state index contributed by atoms with van der Waals surface area (Å²) in [6, 6.07) is 7.89. The van der Waals surface area contributed by atoms with E-state index in [1.807, 2.05) is 48.6 Å². The fraction of sp³-hybridized carbons (Fsp3) is 0.0769. The normalized spacial score (nSPS) is 25.9. The van der Waals surface area contributed by atoms with Gasteiger partial charge in [-0.1, -0.05) is 24.3 Å². The van der Waals surface area contributed by atoms with Gasteiger partial charge in [0.25, 0.3) is 0 Å². The number of fused-ring (bicyclic) bond motifs is 2. The number of rotatable bonds is 0. The van der Waals surface area contributed by atoms with Gasteiger partial charge in [0.15, 0.2) is 5.60 Å². The molecule has 0 radical (unpaired) electrons. The molecule has 2 nitrogen and oxygen atoms in total. The van der Waals surface area contributed by atoms with Crippen LogP contribution in [0.1, 0.15) is 5.56 Å². The summed E-state index contributed by atoms with van der Waals surface area (Å²) >= 11 is 0. The molecule has 0 bridgehead atoms. The van der Waals surface area contributed by atoms with Crippen LogP contribution < -0.4 is 4.74 Å². The van der Waals surface area contributed by atoms with Gasteiger partial charge in [-0.05, 0) is 18.2 Å². The van der Waals surface area contributed by atoms with Crippen molar-refractivity contribution in [2.24, 2.45) is 0 Å². The average molecular weight is 198 g/mol. The van der Waals surface area contributed by atoms with E-state index in [9.17, 15) is 0 Å². The number of hydrogen-bond acceptors (Lipinski definition) is 2. The maximum atomic E-state index is 5.70. The molecule has 74 valence electrons. The van der Waals surface area contributed by atoms with Crippen LogP contribution in [0.2, 0.25) is 0 Å². The van der Waals surface area contributed by atoms with Crippen molar-refractivity contribution in [3.8, 4) is 5.75 Å². The molecule has 1 unspecified atom stereocenters. The predicted molar refractivity (Wildman–Crippen MR) is 57.3 cm³/mol. The Morgan fingerprint density at radius 3 is 2.73 bits per heavy atom. The Morgan fingerprint density at radius 2 is 1.87 bits per heavy atom. The van der Waals surface area contributed by atoms with Crippen LogP contribution in [0.15, 0.2) is 61.1 Å². The fourth-order valence-electron chi connectivity index (χ4n) is 1.87. The number of benzene rings is 1. The van der Waals surface area contributed by atoms with Gasteiger partial charge in [-0.15, -0.1) is 0 Å². The monoisotopic (exact) mass is 198 g/mol. The minimum Gasteiger partial charge on any atom is -0.482 e. The largest absolute Gasteiger partial charge is 0.482 e. The Bertz CT molecular complexity index is 471. The van der Waals surface area contributed by atoms with Gasteiger partial charge in [0.1, 0.15) is 5.75 Å². The SMILES string of the molecule is C1=COC2(C=C1)C=COc1ccccc12. The standard InChI is InChI=1S/C13H10O2/c1-2-6-12-11(5-1)13(8-10-14-12)7-3-4-9-15-13/h1-10H. The molecular formula is C13H10O2. The second-order valence-corrected chi connectivity index (χ2v) is 3.52. The molecule has 2 heterocycles. The van der Waals surface area contributed by atoms with Gasteiger partial charge in [0.2, 0.25) is 0 Å². The second kappa shape index (κ2) is 3.02. The summed E-state index contributed by atoms with van der Waals surface area (Å²) in [5.74, 6) is 0.847. The molecule has 1 aromatic rings. The first-order valence-corrected chi connectivity index (χ1v) is 4.87. The second-order valence-electron chi connectivity index (χ2n) is 3.52. The molecule has 0 aliphatic carbocycles. The van der Waals surface area contributed by atoms with Gasteiger partial charge in [-0.2, -0.15) is 0 Å². The lowest BCUT2D eigenvalue weighted by Crippen LogP contribution is -2.27. The lowest BCUT2D eigenvalue weighted by molar-refractivity contribution is 0.101. The summed E-state index contributed by atoms with van der Waals surface area (Å²) in [5.41, 5.74) is 0.553. The van der Waals surface area contributed by atoms with Crippen LogP contribution >= 0.6 is 0 Å². The molecule has 1 spiro atoms. The lowest BCUT2D eigenvalue weighted by Gasteiger charge is -2.32. The molecule has 3 rings (SSSR count). The zero-order valence-corrected chi connectivity index (χ0v) is 8.09. The van der Waals surface area contributed by atoms with Gasteiger partial charge in [0.05, 0.1) is 12.5 Å². The van der Waals surface area contributed by atoms with E-state index in [0.29, 0.717) is 0 Å². The van der Waals surface area contributed by atoms with Crippen LogP contribution in [0.25, 0.3) is 0 Å². The summed E-state index contributed by atoms with van der Waals surface area (Å²) in [7, 11) is 0. The molecule has 0 saturated heterocycles. The van der Waals surface area contributed by atoms with Crippen molar-refractivity contribution in [3.63, 3.8) is 0 Å². The maximum absolute atomic E-state index is 5.70. The van der Waals surface area contributed by atoms with E-state index < -0.39 is 5.60 Å². The van der Waals surface area contributed by atoms with Crippen molar-refractivity contribution in [1.29, 1.82) is 0 Å². The van der Waals surface area contributed by atoms with Gasteiger partial charge >= 0.3 is 0 Å². The lowest BCUT2D eigenvalue weighted by atomic mass is 9.90. The molecule has 15 heavy (non-hydrogen) atoms. The molecule has 0 saturated carbocycles. The topological polar surface area (TPSA) is 18.5 Å². The minimum absolute atomic E-state index is 0.483. The summed E-state index contributed by atoms with van der Waals surface area (Å²) in [4.78, 5) is 0. The Labute approximate surface area is 88.1 Å². The Balaban J connectivity index is 2.17. The number of allylic oxidation sites excluding steroid dienone is 2. The molecule has 2 aliphatic heterocycles. The first-order valence-electron chi connectivity index (χ1n) is 4.87. The van der Waals surface area contributed by atoms with E-state index in [1.165, 1.54) is 0 Å². The number of ether oxygens (including phenoxy) is 2. The predicted octanol–water partition coefficient (Wildman–Crippen LogP) is 2.89. The highest BCUT2D eigenvalue weighted by Gasteiger charge is 2.34. The first-order chi connectivity index (χ1) is 7.41. The third kappa shape index (κ3) is 1.18. The van der Waals surface area contributed by atoms with E-state index in [4.69, 9.17) is 9.47 Å². The quantitative estimate of drug-likeness (QED) is 0.638. The van der Waals surface area contributed by atoms with E-state index >= 15 is 0 Å². The molecule has 0 aromatic heterocycles. The first kappa shape index (κ1) is 8.36. The third-order valence-electron chi connectivity index (χ3n) is 2.62. The molecule has 0 N–H and O–H groups in total. The molecule has 0 fully saturated rings. The summed E-state index contributed by atoms with van der Waals surface area (Å²) in [6.45, 7) is 0. The van der Waals surface area contributed by atoms with Gasteiger partial charge in [-0.25, -0.2) is 0 Å². The molecule has 1 aromatic carbocycles. The van der Waals surface area contributed by atoms with Crippen molar-refractivity contribution in [2.45, 2.75) is 5.60 Å². The minimum atomic E-state index is -0.483. The van der Waals surface area contributed by atoms with E-state index in [2.05, 4.69) is 0 Å². The number of hydrogen-bond donors (Lipinski definition) is 0. The molecule has 2 heteroatoms. The Hall–Kier alpha value is -1.96. The van der Waals surface area contributed by atoms with Gasteiger partial charge < -0.3 is 9.47 Å². The third-order valence-corrected chi connectivity index (χ3v) is 2.62. The Morgan fingerprint density at radius 1 is 0.933 bits per heavy atom. The van der Waals surface area contributed by atoms with E-state index in [1.54, 1.807) is 12.5 Å². The van der Waals surface area contributed by atoms with Crippen molar-refractivity contribution in [1.82, 2.24) is 0 Å². The van der Waals surface area contributed by atoms with Crippen LogP contribution in [0.4, 0.5) is 0 Å². The maximum Gasteiger partial charge on any atom is 0.177 e. The van der Waals surface area contributed by atoms with Gasteiger partial charge in [-0.3, -0.25) is 0 Å². The van der Waals surface area contributed by atoms with E-state index in [0.717, 1.165) is 11.3 Å². The molecule has 0 amide bonds. The summed E-state index contributed by atoms with van der Waals surface area (Å²) in [6.07, 6.45) is 11.2. The molecule has 1 atom stereocenters. The smallest absolute Gasteiger partial charge is 0.177 e. The van der Waals surface area contributed by atoms with Crippen molar-refractivity contribution in [3.05, 3.63) is 66.7 Å². The van der Waals surface area contributed by atoms with Crippen LogP contribution in [0.5, 0.6) is 5.75 Å². The Kier molecular flexibility index (Phi) is 1.68. The van der Waals surface area contributed by atoms with Crippen LogP contribution in [0, 0.1) is 0 Å². The summed E-state index contributed by atoms with van der Waals surface area (Å²) < 4.78 is 11.1. The van der Waals surface area contributed by atoms with Gasteiger partial charge in [0, 0.05) is 11.6 Å². The highest BCUT2D eigenvalue weighted by atomic mass is 16.5. The molecule has 2 aliphatic rings. The number of para-hydroxylation sites is 1. The zero-order chi connectivity index (χ0) is 10.1. The van der Waals surface area contributed by atoms with Crippen LogP contribution in [0.3, 0.4) is 0 Å². The highest BCUT2D eigenvalue weighted by molar-refractivity contribution is 5.47. The average Bonchev–Trinajstić information content (AvgIpc) is 2.31. The van der Waals surface area contributed by atoms with Crippen molar-refractivity contribution < 1.29 is 9.47 Å². The van der Waals surface area contributed by atoms with Crippen LogP contribution in [-0.4, -0.2) is 0 Å². The van der Waals surface area contributed by atoms with Crippen molar-refractivity contribution >= 4 is 0 Å². The zero-order valence-electron chi connectivity index (χ0n) is 8.09. The van der Waals surface area contributed by atoms with Crippen molar-refractivity contribution in [2.75, 3.05) is 0 Å². The fourth-order valence-corrected chi connectivity index (χ4v) is 1.87. The van der Waals surface area contributed by atoms with E-state index in [-0.39, 0.29) is 0 Å². The summed E-state index contributed by atoms with van der Waals surface area (Å²) in [5, 5.41) is 0. The highest BCUT2D eigenvalue weighted by Crippen LogP contribution is 2.40. The van der Waals surface area contributed by atoms with Crippen LogP contribution in [-0.2, 0) is 10.3 Å².